The van der Waals surface area contributed by atoms with Gasteiger partial charge in [-0.15, -0.1) is 11.3 Å². The summed E-state index contributed by atoms with van der Waals surface area (Å²) in [7, 11) is 0. The van der Waals surface area contributed by atoms with Gasteiger partial charge in [0.1, 0.15) is 5.69 Å². The van der Waals surface area contributed by atoms with E-state index in [4.69, 9.17) is 0 Å². The number of thiazole rings is 1. The number of nitrogens with one attached hydrogen (secondary N) is 2. The van der Waals surface area contributed by atoms with Crippen LogP contribution in [0, 0.1) is 0 Å². The van der Waals surface area contributed by atoms with Crippen molar-refractivity contribution in [2.45, 2.75) is 6.92 Å². The largest absolute Gasteiger partial charge is 0.360 e. The topological polar surface area (TPSA) is 74.8 Å². The highest BCUT2D eigenvalue weighted by Gasteiger charge is 2.19. The molecule has 3 aromatic rings. The van der Waals surface area contributed by atoms with E-state index < -0.39 is 0 Å². The van der Waals surface area contributed by atoms with Crippen molar-refractivity contribution in [3.8, 4) is 0 Å². The second-order valence-electron chi connectivity index (χ2n) is 4.47. The van der Waals surface area contributed by atoms with Crippen molar-refractivity contribution in [1.29, 1.82) is 0 Å². The Kier molecular flexibility index (Phi) is 3.53. The Morgan fingerprint density at radius 3 is 2.95 bits per heavy atom. The maximum atomic E-state index is 12.5. The van der Waals surface area contributed by atoms with Crippen molar-refractivity contribution in [2.24, 2.45) is 0 Å². The summed E-state index contributed by atoms with van der Waals surface area (Å²) < 4.78 is 0. The highest BCUT2D eigenvalue weighted by atomic mass is 32.1. The molecule has 0 atom stereocenters. The fourth-order valence-electron chi connectivity index (χ4n) is 2.11. The predicted octanol–water partition coefficient (Wildman–Crippen LogP) is 2.61. The van der Waals surface area contributed by atoms with E-state index in [1.54, 1.807) is 11.6 Å². The minimum absolute atomic E-state index is 0.173. The van der Waals surface area contributed by atoms with Crippen LogP contribution in [0.5, 0.6) is 0 Å². The number of carbonyl (C=O) groups excluding carboxylic acids is 2. The number of fused-ring (bicyclic) bond motifs is 1. The van der Waals surface area contributed by atoms with Gasteiger partial charge in [-0.25, -0.2) is 4.98 Å². The molecule has 21 heavy (non-hydrogen) atoms. The van der Waals surface area contributed by atoms with Crippen molar-refractivity contribution in [3.05, 3.63) is 52.1 Å². The fourth-order valence-corrected chi connectivity index (χ4v) is 2.86. The molecule has 106 valence electrons. The summed E-state index contributed by atoms with van der Waals surface area (Å²) in [6, 6.07) is 7.59. The van der Waals surface area contributed by atoms with Crippen molar-refractivity contribution in [2.75, 3.05) is 6.54 Å². The summed E-state index contributed by atoms with van der Waals surface area (Å²) in [6.45, 7) is 2.37. The first kappa shape index (κ1) is 13.5. The third-order valence-electron chi connectivity index (χ3n) is 3.10. The number of H-pyrrole nitrogens is 1. The van der Waals surface area contributed by atoms with Gasteiger partial charge in [-0.3, -0.25) is 9.59 Å². The molecule has 0 saturated carbocycles. The summed E-state index contributed by atoms with van der Waals surface area (Å²) in [5.74, 6) is -0.431. The molecule has 0 saturated heterocycles. The molecule has 0 unspecified atom stereocenters. The van der Waals surface area contributed by atoms with Crippen molar-refractivity contribution in [1.82, 2.24) is 15.3 Å². The zero-order valence-corrected chi connectivity index (χ0v) is 12.2. The van der Waals surface area contributed by atoms with Crippen LogP contribution in [-0.2, 0) is 0 Å². The predicted molar refractivity (Wildman–Crippen MR) is 81.9 cm³/mol. The van der Waals surface area contributed by atoms with E-state index in [-0.39, 0.29) is 17.4 Å². The molecule has 0 radical (unpaired) electrons. The summed E-state index contributed by atoms with van der Waals surface area (Å²) in [5, 5.41) is 5.45. The third-order valence-corrected chi connectivity index (χ3v) is 3.94. The Bertz CT molecular complexity index is 819. The number of aromatic nitrogens is 2. The van der Waals surface area contributed by atoms with E-state index in [2.05, 4.69) is 15.3 Å². The second-order valence-corrected chi connectivity index (χ2v) is 5.33. The number of hydrogen-bond acceptors (Lipinski definition) is 4. The average molecular weight is 299 g/mol. The number of aromatic amines is 1. The van der Waals surface area contributed by atoms with Crippen LogP contribution in [0.2, 0.25) is 0 Å². The molecule has 3 rings (SSSR count). The van der Waals surface area contributed by atoms with Crippen molar-refractivity contribution in [3.63, 3.8) is 0 Å². The highest BCUT2D eigenvalue weighted by Crippen LogP contribution is 2.22. The van der Waals surface area contributed by atoms with Crippen LogP contribution in [0.25, 0.3) is 10.9 Å². The van der Waals surface area contributed by atoms with Crippen LogP contribution in [-0.4, -0.2) is 28.2 Å². The number of amides is 1. The van der Waals surface area contributed by atoms with Crippen LogP contribution >= 0.6 is 11.3 Å². The zero-order valence-electron chi connectivity index (χ0n) is 11.3. The molecule has 0 fully saturated rings. The Morgan fingerprint density at radius 1 is 1.33 bits per heavy atom. The van der Waals surface area contributed by atoms with E-state index in [0.29, 0.717) is 17.1 Å². The van der Waals surface area contributed by atoms with Crippen LogP contribution < -0.4 is 5.32 Å². The van der Waals surface area contributed by atoms with Gasteiger partial charge in [0.25, 0.3) is 5.91 Å². The molecule has 0 aliphatic carbocycles. The lowest BCUT2D eigenvalue weighted by Crippen LogP contribution is -2.23. The SMILES string of the molecule is CCNC(=O)c1csc(C(=O)c2c[nH]c3ccccc23)n1. The summed E-state index contributed by atoms with van der Waals surface area (Å²) in [5.41, 5.74) is 1.76. The van der Waals surface area contributed by atoms with Gasteiger partial charge >= 0.3 is 0 Å². The molecule has 0 aliphatic rings. The number of hydrogen-bond donors (Lipinski definition) is 2. The number of rotatable bonds is 4. The first-order valence-electron chi connectivity index (χ1n) is 6.55. The second kappa shape index (κ2) is 5.49. The minimum atomic E-state index is -0.258. The molecule has 2 N–H and O–H groups in total. The number of ketones is 1. The van der Waals surface area contributed by atoms with Crippen LogP contribution in [0.15, 0.2) is 35.8 Å². The van der Waals surface area contributed by atoms with Crippen molar-refractivity contribution >= 4 is 33.9 Å². The van der Waals surface area contributed by atoms with Gasteiger partial charge in [0.05, 0.1) is 5.56 Å². The summed E-state index contributed by atoms with van der Waals surface area (Å²) in [4.78, 5) is 31.4. The van der Waals surface area contributed by atoms with E-state index in [0.717, 1.165) is 10.9 Å². The molecule has 0 spiro atoms. The van der Waals surface area contributed by atoms with Crippen molar-refractivity contribution < 1.29 is 9.59 Å². The number of nitrogens with zero attached hydrogens (tertiary/aromatic N) is 1. The van der Waals surface area contributed by atoms with Crippen LogP contribution in [0.3, 0.4) is 0 Å². The van der Waals surface area contributed by atoms with Crippen LogP contribution in [0.4, 0.5) is 0 Å². The minimum Gasteiger partial charge on any atom is -0.360 e. The van der Waals surface area contributed by atoms with Gasteiger partial charge in [0.15, 0.2) is 5.01 Å². The Balaban J connectivity index is 1.94. The molecular weight excluding hydrogens is 286 g/mol. The molecular formula is C15H13N3O2S. The molecule has 1 aromatic carbocycles. The van der Waals surface area contributed by atoms with Gasteiger partial charge in [0, 0.05) is 29.0 Å². The van der Waals surface area contributed by atoms with Gasteiger partial charge in [-0.05, 0) is 13.0 Å². The molecule has 2 heterocycles. The number of carbonyl (C=O) groups is 2. The van der Waals surface area contributed by atoms with E-state index in [1.807, 2.05) is 31.2 Å². The number of para-hydroxylation sites is 1. The first-order chi connectivity index (χ1) is 10.2. The lowest BCUT2D eigenvalue weighted by Gasteiger charge is -1.97. The molecule has 6 heteroatoms. The fraction of sp³-hybridized carbons (Fsp3) is 0.133. The smallest absolute Gasteiger partial charge is 0.270 e. The Morgan fingerprint density at radius 2 is 2.14 bits per heavy atom. The van der Waals surface area contributed by atoms with Gasteiger partial charge in [-0.2, -0.15) is 0 Å². The zero-order chi connectivity index (χ0) is 14.8. The standard InChI is InChI=1S/C15H13N3O2S/c1-2-16-14(20)12-8-21-15(18-12)13(19)10-7-17-11-6-4-3-5-9(10)11/h3-8,17H,2H2,1H3,(H,16,20). The quantitative estimate of drug-likeness (QED) is 0.727. The molecule has 1 amide bonds. The molecule has 0 aliphatic heterocycles. The monoisotopic (exact) mass is 299 g/mol. The van der Waals surface area contributed by atoms with Gasteiger partial charge in [-0.1, -0.05) is 18.2 Å². The summed E-state index contributed by atoms with van der Waals surface area (Å²) in [6.07, 6.45) is 1.68. The third kappa shape index (κ3) is 2.45. The van der Waals surface area contributed by atoms with Gasteiger partial charge < -0.3 is 10.3 Å². The maximum absolute atomic E-state index is 12.5. The molecule has 0 bridgehead atoms. The lowest BCUT2D eigenvalue weighted by molar-refractivity contribution is 0.0951. The van der Waals surface area contributed by atoms with Crippen LogP contribution in [0.1, 0.15) is 32.8 Å². The van der Waals surface area contributed by atoms with E-state index in [9.17, 15) is 9.59 Å². The Hall–Kier alpha value is -2.47. The number of benzene rings is 1. The average Bonchev–Trinajstić information content (AvgIpc) is 3.14. The van der Waals surface area contributed by atoms with E-state index >= 15 is 0 Å². The van der Waals surface area contributed by atoms with Gasteiger partial charge in [0.2, 0.25) is 5.78 Å². The Labute approximate surface area is 125 Å². The first-order valence-corrected chi connectivity index (χ1v) is 7.43. The maximum Gasteiger partial charge on any atom is 0.270 e. The lowest BCUT2D eigenvalue weighted by atomic mass is 10.1. The molecule has 5 nitrogen and oxygen atoms in total. The van der Waals surface area contributed by atoms with E-state index in [1.165, 1.54) is 11.3 Å². The normalized spacial score (nSPS) is 10.7. The summed E-state index contributed by atoms with van der Waals surface area (Å²) >= 11 is 1.18. The molecule has 2 aromatic heterocycles. The highest BCUT2D eigenvalue weighted by molar-refractivity contribution is 7.12.